The second kappa shape index (κ2) is 5.90. The lowest BCUT2D eigenvalue weighted by atomic mass is 9.98. The van der Waals surface area contributed by atoms with Gasteiger partial charge in [-0.25, -0.2) is 13.1 Å². The molecule has 0 saturated carbocycles. The molecule has 108 valence electrons. The molecular weight excluding hydrogens is 264 g/mol. The van der Waals surface area contributed by atoms with Gasteiger partial charge >= 0.3 is 0 Å². The fourth-order valence-electron chi connectivity index (χ4n) is 1.45. The van der Waals surface area contributed by atoms with Gasteiger partial charge in [-0.05, 0) is 23.1 Å². The third kappa shape index (κ3) is 4.49. The summed E-state index contributed by atoms with van der Waals surface area (Å²) in [6, 6.07) is 4.85. The zero-order valence-electron chi connectivity index (χ0n) is 11.9. The first-order valence-electron chi connectivity index (χ1n) is 6.06. The van der Waals surface area contributed by atoms with Gasteiger partial charge in [0.15, 0.2) is 0 Å². The fourth-order valence-corrected chi connectivity index (χ4v) is 2.88. The smallest absolute Gasteiger partial charge is 0.244 e. The maximum Gasteiger partial charge on any atom is 0.244 e. The number of nitrogens with one attached hydrogen (secondary N) is 1. The lowest BCUT2D eigenvalue weighted by Gasteiger charge is -2.19. The number of hydrogen-bond donors (Lipinski definition) is 2. The highest BCUT2D eigenvalue weighted by Crippen LogP contribution is 2.25. The monoisotopic (exact) mass is 286 g/mol. The Morgan fingerprint density at radius 2 is 1.95 bits per heavy atom. The summed E-state index contributed by atoms with van der Waals surface area (Å²) in [5.74, 6) is 0.310. The van der Waals surface area contributed by atoms with Gasteiger partial charge in [-0.2, -0.15) is 0 Å². The predicted molar refractivity (Wildman–Crippen MR) is 75.5 cm³/mol. The number of rotatable bonds is 5. The van der Waals surface area contributed by atoms with Crippen molar-refractivity contribution in [3.63, 3.8) is 0 Å². The number of hydrogen-bond acceptors (Lipinski definition) is 4. The average molecular weight is 286 g/mol. The van der Waals surface area contributed by atoms with E-state index in [-0.39, 0.29) is 10.3 Å². The molecule has 19 heavy (non-hydrogen) atoms. The first-order valence-corrected chi connectivity index (χ1v) is 7.54. The molecule has 0 radical (unpaired) electrons. The molecule has 0 aliphatic heterocycles. The van der Waals surface area contributed by atoms with Crippen LogP contribution >= 0.6 is 0 Å². The molecule has 0 atom stereocenters. The van der Waals surface area contributed by atoms with Crippen molar-refractivity contribution in [2.75, 3.05) is 13.7 Å². The second-order valence-corrected chi connectivity index (χ2v) is 7.31. The lowest BCUT2D eigenvalue weighted by Crippen LogP contribution is -2.32. The number of nitrogens with two attached hydrogens (primary N) is 1. The van der Waals surface area contributed by atoms with Crippen molar-refractivity contribution < 1.29 is 13.2 Å². The molecule has 0 unspecified atom stereocenters. The van der Waals surface area contributed by atoms with E-state index in [2.05, 4.69) is 4.72 Å². The lowest BCUT2D eigenvalue weighted by molar-refractivity contribution is 0.396. The zero-order chi connectivity index (χ0) is 14.7. The van der Waals surface area contributed by atoms with Crippen LogP contribution in [-0.2, 0) is 16.6 Å². The average Bonchev–Trinajstić information content (AvgIpc) is 2.35. The van der Waals surface area contributed by atoms with Crippen molar-refractivity contribution in [2.45, 2.75) is 32.2 Å². The first kappa shape index (κ1) is 15.9. The second-order valence-electron chi connectivity index (χ2n) is 5.57. The molecule has 1 aromatic carbocycles. The number of methoxy groups -OCH3 is 1. The Morgan fingerprint density at radius 1 is 1.32 bits per heavy atom. The van der Waals surface area contributed by atoms with Crippen LogP contribution in [0.1, 0.15) is 26.3 Å². The molecule has 0 heterocycles. The van der Waals surface area contributed by atoms with E-state index in [1.165, 1.54) is 13.2 Å². The highest BCUT2D eigenvalue weighted by molar-refractivity contribution is 7.89. The third-order valence-corrected chi connectivity index (χ3v) is 3.99. The highest BCUT2D eigenvalue weighted by Gasteiger charge is 2.22. The van der Waals surface area contributed by atoms with Crippen LogP contribution in [0.25, 0.3) is 0 Å². The van der Waals surface area contributed by atoms with Crippen molar-refractivity contribution in [1.29, 1.82) is 0 Å². The number of benzene rings is 1. The summed E-state index contributed by atoms with van der Waals surface area (Å²) >= 11 is 0. The molecule has 0 fully saturated rings. The van der Waals surface area contributed by atoms with Gasteiger partial charge in [0.1, 0.15) is 10.6 Å². The Hall–Kier alpha value is -1.11. The summed E-state index contributed by atoms with van der Waals surface area (Å²) in [5, 5.41) is 0. The maximum atomic E-state index is 12.2. The first-order chi connectivity index (χ1) is 8.69. The van der Waals surface area contributed by atoms with Crippen LogP contribution in [0.5, 0.6) is 5.75 Å². The van der Waals surface area contributed by atoms with Crippen LogP contribution in [0.2, 0.25) is 0 Å². The van der Waals surface area contributed by atoms with Gasteiger partial charge < -0.3 is 10.5 Å². The van der Waals surface area contributed by atoms with Crippen molar-refractivity contribution in [3.8, 4) is 5.75 Å². The van der Waals surface area contributed by atoms with Crippen molar-refractivity contribution >= 4 is 10.0 Å². The Balaban J connectivity index is 3.07. The van der Waals surface area contributed by atoms with Gasteiger partial charge in [0.2, 0.25) is 10.0 Å². The zero-order valence-corrected chi connectivity index (χ0v) is 12.7. The van der Waals surface area contributed by atoms with Crippen molar-refractivity contribution in [3.05, 3.63) is 23.8 Å². The van der Waals surface area contributed by atoms with Gasteiger partial charge in [0, 0.05) is 13.1 Å². The minimum atomic E-state index is -3.58. The molecule has 0 aliphatic rings. The number of sulfonamides is 1. The standard InChI is InChI=1S/C13H22N2O3S/c1-13(2,3)9-15-19(16,17)12-6-5-10(8-14)7-11(12)18-4/h5-7,15H,8-9,14H2,1-4H3. The fraction of sp³-hybridized carbons (Fsp3) is 0.538. The summed E-state index contributed by atoms with van der Waals surface area (Å²) in [7, 11) is -2.13. The van der Waals surface area contributed by atoms with Gasteiger partial charge in [0.05, 0.1) is 7.11 Å². The molecule has 0 aromatic heterocycles. The SMILES string of the molecule is COc1cc(CN)ccc1S(=O)(=O)NCC(C)(C)C. The molecule has 3 N–H and O–H groups in total. The van der Waals surface area contributed by atoms with E-state index in [9.17, 15) is 8.42 Å². The minimum absolute atomic E-state index is 0.127. The van der Waals surface area contributed by atoms with Crippen LogP contribution in [-0.4, -0.2) is 22.1 Å². The van der Waals surface area contributed by atoms with Crippen molar-refractivity contribution in [2.24, 2.45) is 11.1 Å². The molecule has 0 amide bonds. The van der Waals surface area contributed by atoms with Crippen molar-refractivity contribution in [1.82, 2.24) is 4.72 Å². The van der Waals surface area contributed by atoms with Crippen LogP contribution in [0.4, 0.5) is 0 Å². The van der Waals surface area contributed by atoms with Gasteiger partial charge in [-0.1, -0.05) is 26.8 Å². The Labute approximate surface area is 115 Å². The molecule has 1 rings (SSSR count). The summed E-state index contributed by atoms with van der Waals surface area (Å²) in [6.45, 7) is 6.59. The van der Waals surface area contributed by atoms with Crippen LogP contribution < -0.4 is 15.2 Å². The Kier molecular flexibility index (Phi) is 4.95. The summed E-state index contributed by atoms with van der Waals surface area (Å²) in [6.07, 6.45) is 0. The summed E-state index contributed by atoms with van der Waals surface area (Å²) in [4.78, 5) is 0.136. The summed E-state index contributed by atoms with van der Waals surface area (Å²) in [5.41, 5.74) is 6.23. The van der Waals surface area contributed by atoms with E-state index >= 15 is 0 Å². The normalized spacial score (nSPS) is 12.5. The molecule has 0 saturated heterocycles. The van der Waals surface area contributed by atoms with Crippen LogP contribution in [0.3, 0.4) is 0 Å². The predicted octanol–water partition coefficient (Wildman–Crippen LogP) is 1.48. The Morgan fingerprint density at radius 3 is 2.42 bits per heavy atom. The highest BCUT2D eigenvalue weighted by atomic mass is 32.2. The topological polar surface area (TPSA) is 81.4 Å². The van der Waals surface area contributed by atoms with E-state index < -0.39 is 10.0 Å². The van der Waals surface area contributed by atoms with E-state index in [0.717, 1.165) is 5.56 Å². The van der Waals surface area contributed by atoms with E-state index in [4.69, 9.17) is 10.5 Å². The molecule has 5 nitrogen and oxygen atoms in total. The van der Waals surface area contributed by atoms with Crippen LogP contribution in [0.15, 0.2) is 23.1 Å². The molecule has 0 bridgehead atoms. The quantitative estimate of drug-likeness (QED) is 0.859. The molecule has 0 aliphatic carbocycles. The Bertz CT molecular complexity index is 533. The third-order valence-electron chi connectivity index (χ3n) is 2.55. The molecule has 1 aromatic rings. The van der Waals surface area contributed by atoms with E-state index in [1.54, 1.807) is 12.1 Å². The largest absolute Gasteiger partial charge is 0.495 e. The summed E-state index contributed by atoms with van der Waals surface area (Å²) < 4.78 is 32.2. The maximum absolute atomic E-state index is 12.2. The number of ether oxygens (including phenoxy) is 1. The van der Waals surface area contributed by atoms with Gasteiger partial charge in [-0.15, -0.1) is 0 Å². The van der Waals surface area contributed by atoms with E-state index in [1.807, 2.05) is 20.8 Å². The molecular formula is C13H22N2O3S. The molecule has 0 spiro atoms. The van der Waals surface area contributed by atoms with Crippen LogP contribution in [0, 0.1) is 5.41 Å². The minimum Gasteiger partial charge on any atom is -0.495 e. The van der Waals surface area contributed by atoms with E-state index in [0.29, 0.717) is 18.8 Å². The van der Waals surface area contributed by atoms with Gasteiger partial charge in [0.25, 0.3) is 0 Å². The van der Waals surface area contributed by atoms with Gasteiger partial charge in [-0.3, -0.25) is 0 Å². The molecule has 6 heteroatoms.